The number of benzene rings is 1. The summed E-state index contributed by atoms with van der Waals surface area (Å²) in [6.45, 7) is 1.72. The molecule has 0 saturated carbocycles. The Morgan fingerprint density at radius 2 is 1.69 bits per heavy atom. The summed E-state index contributed by atoms with van der Waals surface area (Å²) in [5.41, 5.74) is -1.85. The van der Waals surface area contributed by atoms with Crippen LogP contribution in [0.25, 0.3) is 0 Å². The summed E-state index contributed by atoms with van der Waals surface area (Å²) in [4.78, 5) is 0. The Balaban J connectivity index is 2.61. The lowest BCUT2D eigenvalue weighted by molar-refractivity contribution is -0.260. The maximum absolute atomic E-state index is 12.3. The molecule has 0 spiro atoms. The Labute approximate surface area is 91.7 Å². The minimum atomic E-state index is -4.70. The molecule has 0 aromatic heterocycles. The largest absolute Gasteiger partial charge is 0.490 e. The highest BCUT2D eigenvalue weighted by atomic mass is 19.4. The maximum atomic E-state index is 12.3. The van der Waals surface area contributed by atoms with E-state index in [2.05, 4.69) is 0 Å². The number of hydrogen-bond acceptors (Lipinski definition) is 2. The fourth-order valence-corrected chi connectivity index (χ4v) is 0.940. The third-order valence-corrected chi connectivity index (χ3v) is 2.15. The van der Waals surface area contributed by atoms with Gasteiger partial charge in [-0.3, -0.25) is 0 Å². The number of aryl methyl sites for hydroxylation is 1. The zero-order valence-corrected chi connectivity index (χ0v) is 9.01. The molecule has 0 heterocycles. The molecule has 2 nitrogen and oxygen atoms in total. The number of halogens is 3. The standard InChI is InChI=1S/C11H13F3O2/c1-8-3-5-9(6-4-8)16-7-10(2,15)11(12,13)14/h3-6,15H,7H2,1-2H3. The van der Waals surface area contributed by atoms with Gasteiger partial charge in [0.15, 0.2) is 5.60 Å². The minimum absolute atomic E-state index is 0.301. The average molecular weight is 234 g/mol. The summed E-state index contributed by atoms with van der Waals surface area (Å²) in [6, 6.07) is 6.55. The van der Waals surface area contributed by atoms with Crippen LogP contribution in [0.15, 0.2) is 24.3 Å². The van der Waals surface area contributed by atoms with Gasteiger partial charge in [0.05, 0.1) is 0 Å². The molecule has 0 aliphatic rings. The Bertz CT molecular complexity index is 341. The molecule has 0 fully saturated rings. The van der Waals surface area contributed by atoms with E-state index < -0.39 is 18.4 Å². The van der Waals surface area contributed by atoms with Gasteiger partial charge in [0.25, 0.3) is 0 Å². The molecule has 1 N–H and O–H groups in total. The van der Waals surface area contributed by atoms with Gasteiger partial charge >= 0.3 is 6.18 Å². The molecular weight excluding hydrogens is 221 g/mol. The predicted octanol–water partition coefficient (Wildman–Crippen LogP) is 2.69. The van der Waals surface area contributed by atoms with E-state index in [1.807, 2.05) is 6.92 Å². The van der Waals surface area contributed by atoms with Crippen molar-refractivity contribution in [1.82, 2.24) is 0 Å². The maximum Gasteiger partial charge on any atom is 0.420 e. The summed E-state index contributed by atoms with van der Waals surface area (Å²) in [6.07, 6.45) is -4.70. The van der Waals surface area contributed by atoms with Crippen LogP contribution in [0.1, 0.15) is 12.5 Å². The van der Waals surface area contributed by atoms with Crippen LogP contribution >= 0.6 is 0 Å². The van der Waals surface area contributed by atoms with Crippen molar-refractivity contribution in [2.45, 2.75) is 25.6 Å². The van der Waals surface area contributed by atoms with Gasteiger partial charge in [0, 0.05) is 0 Å². The van der Waals surface area contributed by atoms with Crippen LogP contribution in [-0.2, 0) is 0 Å². The van der Waals surface area contributed by atoms with E-state index in [-0.39, 0.29) is 0 Å². The lowest BCUT2D eigenvalue weighted by Crippen LogP contribution is -2.47. The second kappa shape index (κ2) is 4.33. The molecule has 16 heavy (non-hydrogen) atoms. The molecule has 0 aliphatic carbocycles. The van der Waals surface area contributed by atoms with Crippen molar-refractivity contribution >= 4 is 0 Å². The molecule has 0 amide bonds. The first-order valence-electron chi connectivity index (χ1n) is 4.71. The molecular formula is C11H13F3O2. The van der Waals surface area contributed by atoms with Crippen LogP contribution in [0.5, 0.6) is 5.75 Å². The van der Waals surface area contributed by atoms with Crippen LogP contribution in [0.4, 0.5) is 13.2 Å². The van der Waals surface area contributed by atoms with E-state index in [0.29, 0.717) is 12.7 Å². The van der Waals surface area contributed by atoms with Gasteiger partial charge in [-0.05, 0) is 26.0 Å². The van der Waals surface area contributed by atoms with Gasteiger partial charge in [0.1, 0.15) is 12.4 Å². The zero-order valence-electron chi connectivity index (χ0n) is 9.01. The Hall–Kier alpha value is -1.23. The first kappa shape index (κ1) is 12.8. The smallest absolute Gasteiger partial charge is 0.420 e. The second-order valence-corrected chi connectivity index (χ2v) is 3.87. The number of aliphatic hydroxyl groups is 1. The van der Waals surface area contributed by atoms with E-state index in [1.165, 1.54) is 0 Å². The van der Waals surface area contributed by atoms with Gasteiger partial charge in [0.2, 0.25) is 0 Å². The molecule has 90 valence electrons. The Morgan fingerprint density at radius 3 is 2.12 bits per heavy atom. The molecule has 0 radical (unpaired) electrons. The first-order valence-corrected chi connectivity index (χ1v) is 4.71. The van der Waals surface area contributed by atoms with Gasteiger partial charge in [-0.1, -0.05) is 17.7 Å². The number of rotatable bonds is 3. The average Bonchev–Trinajstić information content (AvgIpc) is 2.15. The zero-order chi connectivity index (χ0) is 12.4. The Kier molecular flexibility index (Phi) is 3.48. The molecule has 0 bridgehead atoms. The Morgan fingerprint density at radius 1 is 1.19 bits per heavy atom. The van der Waals surface area contributed by atoms with Crippen molar-refractivity contribution in [2.24, 2.45) is 0 Å². The van der Waals surface area contributed by atoms with Crippen LogP contribution in [0, 0.1) is 6.92 Å². The summed E-state index contributed by atoms with van der Waals surface area (Å²) >= 11 is 0. The quantitative estimate of drug-likeness (QED) is 0.871. The molecule has 1 aromatic rings. The highest BCUT2D eigenvalue weighted by Crippen LogP contribution is 2.30. The summed E-state index contributed by atoms with van der Waals surface area (Å²) in [7, 11) is 0. The van der Waals surface area contributed by atoms with E-state index in [0.717, 1.165) is 5.56 Å². The molecule has 1 atom stereocenters. The summed E-state index contributed by atoms with van der Waals surface area (Å²) < 4.78 is 41.7. The monoisotopic (exact) mass is 234 g/mol. The normalized spacial score (nSPS) is 15.6. The van der Waals surface area contributed by atoms with Crippen LogP contribution in [0.3, 0.4) is 0 Å². The molecule has 1 aromatic carbocycles. The second-order valence-electron chi connectivity index (χ2n) is 3.87. The van der Waals surface area contributed by atoms with Crippen molar-refractivity contribution in [3.8, 4) is 5.75 Å². The van der Waals surface area contributed by atoms with Crippen molar-refractivity contribution in [2.75, 3.05) is 6.61 Å². The van der Waals surface area contributed by atoms with E-state index in [1.54, 1.807) is 24.3 Å². The fraction of sp³-hybridized carbons (Fsp3) is 0.455. The SMILES string of the molecule is Cc1ccc(OCC(C)(O)C(F)(F)F)cc1. The summed E-state index contributed by atoms with van der Waals surface area (Å²) in [5.74, 6) is 0.301. The molecule has 0 saturated heterocycles. The molecule has 1 unspecified atom stereocenters. The lowest BCUT2D eigenvalue weighted by Gasteiger charge is -2.26. The van der Waals surface area contributed by atoms with Crippen LogP contribution in [-0.4, -0.2) is 23.5 Å². The highest BCUT2D eigenvalue weighted by Gasteiger charge is 2.50. The molecule has 0 aliphatic heterocycles. The number of alkyl halides is 3. The third kappa shape index (κ3) is 3.13. The topological polar surface area (TPSA) is 29.5 Å². The molecule has 1 rings (SSSR count). The van der Waals surface area contributed by atoms with E-state index in [9.17, 15) is 13.2 Å². The molecule has 5 heteroatoms. The van der Waals surface area contributed by atoms with Crippen LogP contribution < -0.4 is 4.74 Å². The van der Waals surface area contributed by atoms with Crippen LogP contribution in [0.2, 0.25) is 0 Å². The first-order chi connectivity index (χ1) is 7.22. The van der Waals surface area contributed by atoms with Crippen molar-refractivity contribution in [1.29, 1.82) is 0 Å². The van der Waals surface area contributed by atoms with Gasteiger partial charge in [-0.2, -0.15) is 13.2 Å². The van der Waals surface area contributed by atoms with Crippen molar-refractivity contribution in [3.05, 3.63) is 29.8 Å². The van der Waals surface area contributed by atoms with Gasteiger partial charge < -0.3 is 9.84 Å². The van der Waals surface area contributed by atoms with E-state index in [4.69, 9.17) is 9.84 Å². The minimum Gasteiger partial charge on any atom is -0.490 e. The van der Waals surface area contributed by atoms with E-state index >= 15 is 0 Å². The van der Waals surface area contributed by atoms with Gasteiger partial charge in [-0.25, -0.2) is 0 Å². The highest BCUT2D eigenvalue weighted by molar-refractivity contribution is 5.26. The number of hydrogen-bond donors (Lipinski definition) is 1. The summed E-state index contributed by atoms with van der Waals surface area (Å²) in [5, 5.41) is 9.12. The lowest BCUT2D eigenvalue weighted by atomic mass is 10.1. The number of ether oxygens (including phenoxy) is 1. The predicted molar refractivity (Wildman–Crippen MR) is 53.4 cm³/mol. The van der Waals surface area contributed by atoms with Crippen molar-refractivity contribution < 1.29 is 23.0 Å². The third-order valence-electron chi connectivity index (χ3n) is 2.15. The fourth-order valence-electron chi connectivity index (χ4n) is 0.940. The van der Waals surface area contributed by atoms with Crippen molar-refractivity contribution in [3.63, 3.8) is 0 Å². The van der Waals surface area contributed by atoms with Gasteiger partial charge in [-0.15, -0.1) is 0 Å².